The van der Waals surface area contributed by atoms with Crippen LogP contribution in [0.3, 0.4) is 0 Å². The van der Waals surface area contributed by atoms with Gasteiger partial charge in [0, 0.05) is 16.8 Å². The summed E-state index contributed by atoms with van der Waals surface area (Å²) in [4.78, 5) is 24.7. The lowest BCUT2D eigenvalue weighted by atomic mass is 9.84. The van der Waals surface area contributed by atoms with Crippen molar-refractivity contribution in [1.29, 1.82) is 5.26 Å². The molecule has 0 spiro atoms. The van der Waals surface area contributed by atoms with Crippen LogP contribution in [0, 0.1) is 11.3 Å². The summed E-state index contributed by atoms with van der Waals surface area (Å²) in [7, 11) is 0. The average Bonchev–Trinajstić information content (AvgIpc) is 2.86. The Morgan fingerprint density at radius 1 is 0.925 bits per heavy atom. The molecule has 2 aromatic carbocycles. The monoisotopic (exact) mass is 581 g/mol. The minimum atomic E-state index is -6.89. The Balaban J connectivity index is 2.65. The molecule has 0 radical (unpaired) electrons. The normalized spacial score (nSPS) is 13.6. The summed E-state index contributed by atoms with van der Waals surface area (Å²) in [5.41, 5.74) is -9.58. The molecule has 0 aliphatic carbocycles. The van der Waals surface area contributed by atoms with Crippen molar-refractivity contribution >= 4 is 23.4 Å². The van der Waals surface area contributed by atoms with Crippen molar-refractivity contribution in [3.8, 4) is 6.07 Å². The first-order valence-electron chi connectivity index (χ1n) is 11.2. The predicted octanol–water partition coefficient (Wildman–Crippen LogP) is 7.55. The number of anilines is 2. The molecule has 1 atom stereocenters. The number of nitriles is 1. The van der Waals surface area contributed by atoms with Gasteiger partial charge in [-0.25, -0.2) is 9.18 Å². The van der Waals surface area contributed by atoms with Gasteiger partial charge in [-0.05, 0) is 54.3 Å². The standard InChI is InChI=1S/C25H20F9N3O3/c1-4-13-9-17(22(26,24(29,30)31)23(27,28)25(32,33)34)10-14(5-2)19(13)37-20(38)15-7-8-16(12-35)18(11-15)36-21(39)40-6-3/h6-11H,3-5H2,1-2H3,(H,36,39)(H,37,38). The molecule has 2 aromatic rings. The topological polar surface area (TPSA) is 91.2 Å². The molecule has 15 heteroatoms. The Morgan fingerprint density at radius 2 is 1.48 bits per heavy atom. The number of amides is 2. The number of benzene rings is 2. The van der Waals surface area contributed by atoms with E-state index in [4.69, 9.17) is 0 Å². The van der Waals surface area contributed by atoms with Crippen LogP contribution in [0.4, 0.5) is 55.7 Å². The van der Waals surface area contributed by atoms with Crippen molar-refractivity contribution in [3.63, 3.8) is 0 Å². The van der Waals surface area contributed by atoms with Gasteiger partial charge >= 0.3 is 30.0 Å². The molecule has 0 fully saturated rings. The highest BCUT2D eigenvalue weighted by atomic mass is 19.4. The smallest absolute Gasteiger partial charge is 0.419 e. The van der Waals surface area contributed by atoms with Crippen molar-refractivity contribution in [2.75, 3.05) is 10.6 Å². The first kappa shape index (κ1) is 32.0. The molecular formula is C25H20F9N3O3. The maximum atomic E-state index is 15.1. The molecule has 2 N–H and O–H groups in total. The van der Waals surface area contributed by atoms with E-state index in [0.717, 1.165) is 24.5 Å². The Hall–Kier alpha value is -4.22. The second-order valence-electron chi connectivity index (χ2n) is 8.13. The number of nitrogens with zero attached hydrogens (tertiary/aromatic N) is 1. The third-order valence-corrected chi connectivity index (χ3v) is 5.71. The number of hydrogen-bond acceptors (Lipinski definition) is 4. The molecule has 0 heterocycles. The molecule has 0 saturated carbocycles. The van der Waals surface area contributed by atoms with Gasteiger partial charge in [-0.3, -0.25) is 10.1 Å². The number of carbonyl (C=O) groups excluding carboxylic acids is 2. The fraction of sp³-hybridized carbons (Fsp3) is 0.320. The van der Waals surface area contributed by atoms with Crippen molar-refractivity contribution in [3.05, 3.63) is 71.0 Å². The number of hydrogen-bond donors (Lipinski definition) is 2. The maximum Gasteiger partial charge on any atom is 0.457 e. The van der Waals surface area contributed by atoms with Crippen LogP contribution in [0.5, 0.6) is 0 Å². The third kappa shape index (κ3) is 5.85. The van der Waals surface area contributed by atoms with Crippen molar-refractivity contribution in [2.24, 2.45) is 0 Å². The van der Waals surface area contributed by atoms with E-state index in [-0.39, 0.29) is 58.6 Å². The second-order valence-corrected chi connectivity index (χ2v) is 8.13. The summed E-state index contributed by atoms with van der Waals surface area (Å²) >= 11 is 0. The van der Waals surface area contributed by atoms with Crippen LogP contribution in [0.2, 0.25) is 0 Å². The summed E-state index contributed by atoms with van der Waals surface area (Å²) in [6.07, 6.45) is -14.5. The lowest BCUT2D eigenvalue weighted by Gasteiger charge is -2.36. The van der Waals surface area contributed by atoms with Crippen molar-refractivity contribution in [2.45, 2.75) is 50.6 Å². The zero-order chi connectivity index (χ0) is 30.7. The van der Waals surface area contributed by atoms with Crippen LogP contribution in [-0.2, 0) is 23.2 Å². The van der Waals surface area contributed by atoms with E-state index in [0.29, 0.717) is 0 Å². The van der Waals surface area contributed by atoms with E-state index in [1.54, 1.807) is 6.07 Å². The molecule has 1 unspecified atom stereocenters. The maximum absolute atomic E-state index is 15.1. The quantitative estimate of drug-likeness (QED) is 0.249. The van der Waals surface area contributed by atoms with Gasteiger partial charge in [0.1, 0.15) is 6.07 Å². The Morgan fingerprint density at radius 3 is 1.90 bits per heavy atom. The molecule has 0 bridgehead atoms. The first-order valence-corrected chi connectivity index (χ1v) is 11.2. The van der Waals surface area contributed by atoms with E-state index in [1.807, 2.05) is 0 Å². The van der Waals surface area contributed by atoms with Crippen molar-refractivity contribution in [1.82, 2.24) is 0 Å². The Bertz CT molecular complexity index is 1320. The minimum absolute atomic E-state index is 0.0950. The van der Waals surface area contributed by atoms with E-state index in [2.05, 4.69) is 21.9 Å². The van der Waals surface area contributed by atoms with Gasteiger partial charge in [0.05, 0.1) is 17.5 Å². The second kappa shape index (κ2) is 11.5. The third-order valence-electron chi connectivity index (χ3n) is 5.71. The molecule has 2 rings (SSSR count). The van der Waals surface area contributed by atoms with Gasteiger partial charge < -0.3 is 10.1 Å². The van der Waals surface area contributed by atoms with E-state index in [9.17, 15) is 50.0 Å². The molecule has 0 aliphatic heterocycles. The molecule has 0 aliphatic rings. The van der Waals surface area contributed by atoms with Crippen LogP contribution in [0.1, 0.15) is 46.5 Å². The average molecular weight is 581 g/mol. The van der Waals surface area contributed by atoms with Crippen LogP contribution < -0.4 is 10.6 Å². The van der Waals surface area contributed by atoms with Crippen molar-refractivity contribution < 1.29 is 53.8 Å². The summed E-state index contributed by atoms with van der Waals surface area (Å²) in [5, 5.41) is 13.7. The lowest BCUT2D eigenvalue weighted by molar-refractivity contribution is -0.389. The molecule has 40 heavy (non-hydrogen) atoms. The zero-order valence-corrected chi connectivity index (χ0v) is 20.7. The number of halogens is 9. The van der Waals surface area contributed by atoms with Gasteiger partial charge in [0.25, 0.3) is 5.91 Å². The number of nitrogens with one attached hydrogen (secondary N) is 2. The summed E-state index contributed by atoms with van der Waals surface area (Å²) < 4.78 is 127. The number of alkyl halides is 9. The fourth-order valence-corrected chi connectivity index (χ4v) is 3.69. The summed E-state index contributed by atoms with van der Waals surface area (Å²) in [5.74, 6) is -7.82. The van der Waals surface area contributed by atoms with Gasteiger partial charge in [-0.2, -0.15) is 40.4 Å². The van der Waals surface area contributed by atoms with Crippen LogP contribution in [0.25, 0.3) is 0 Å². The van der Waals surface area contributed by atoms with Gasteiger partial charge in [-0.15, -0.1) is 0 Å². The lowest BCUT2D eigenvalue weighted by Crippen LogP contribution is -2.59. The van der Waals surface area contributed by atoms with Gasteiger partial charge in [-0.1, -0.05) is 20.4 Å². The minimum Gasteiger partial charge on any atom is -0.419 e. The highest BCUT2D eigenvalue weighted by Gasteiger charge is 2.81. The number of carbonyl (C=O) groups is 2. The van der Waals surface area contributed by atoms with Crippen LogP contribution in [0.15, 0.2) is 43.2 Å². The number of rotatable bonds is 8. The molecular weight excluding hydrogens is 561 g/mol. The van der Waals surface area contributed by atoms with E-state index < -0.39 is 41.5 Å². The Kier molecular flexibility index (Phi) is 9.19. The highest BCUT2D eigenvalue weighted by Crippen LogP contribution is 2.58. The molecule has 0 aromatic heterocycles. The molecule has 6 nitrogen and oxygen atoms in total. The number of aryl methyl sites for hydroxylation is 2. The van der Waals surface area contributed by atoms with Gasteiger partial charge in [0.15, 0.2) is 0 Å². The molecule has 216 valence electrons. The number of ether oxygens (including phenoxy) is 1. The molecule has 2 amide bonds. The van der Waals surface area contributed by atoms with Gasteiger partial charge in [0.2, 0.25) is 0 Å². The van der Waals surface area contributed by atoms with Crippen LogP contribution >= 0.6 is 0 Å². The zero-order valence-electron chi connectivity index (χ0n) is 20.7. The largest absolute Gasteiger partial charge is 0.457 e. The fourth-order valence-electron chi connectivity index (χ4n) is 3.69. The first-order chi connectivity index (χ1) is 18.4. The SMILES string of the molecule is C=COC(=O)Nc1cc(C(=O)Nc2c(CC)cc(C(F)(C(F)(F)F)C(F)(F)C(F)(F)F)cc2CC)ccc1C#N. The summed E-state index contributed by atoms with van der Waals surface area (Å²) in [6.45, 7) is 5.76. The molecule has 0 saturated heterocycles. The van der Waals surface area contributed by atoms with Crippen LogP contribution in [-0.4, -0.2) is 30.3 Å². The Labute approximate surface area is 221 Å². The predicted molar refractivity (Wildman–Crippen MR) is 124 cm³/mol. The highest BCUT2D eigenvalue weighted by molar-refractivity contribution is 6.06. The summed E-state index contributed by atoms with van der Waals surface area (Å²) in [6, 6.07) is 5.47. The van der Waals surface area contributed by atoms with E-state index >= 15 is 4.39 Å². The van der Waals surface area contributed by atoms with E-state index in [1.165, 1.54) is 13.8 Å².